The van der Waals surface area contributed by atoms with E-state index in [1.807, 2.05) is 104 Å². The Kier molecular flexibility index (Phi) is 6.91. The first-order valence-electron chi connectivity index (χ1n) is 13.3. The van der Waals surface area contributed by atoms with E-state index in [0.29, 0.717) is 33.8 Å². The first kappa shape index (κ1) is 27.2. The van der Waals surface area contributed by atoms with Crippen LogP contribution in [0.1, 0.15) is 35.6 Å². The molecule has 6 rings (SSSR count). The van der Waals surface area contributed by atoms with Crippen LogP contribution in [-0.2, 0) is 20.6 Å². The van der Waals surface area contributed by atoms with E-state index in [2.05, 4.69) is 22.5 Å². The molecular weight excluding hydrogens is 598 g/mol. The van der Waals surface area contributed by atoms with Gasteiger partial charge in [-0.3, -0.25) is 9.10 Å². The van der Waals surface area contributed by atoms with Gasteiger partial charge in [0.25, 0.3) is 5.91 Å². The Bertz CT molecular complexity index is 1760. The van der Waals surface area contributed by atoms with E-state index < -0.39 is 27.4 Å². The summed E-state index contributed by atoms with van der Waals surface area (Å²) in [5, 5.41) is 6.22. The summed E-state index contributed by atoms with van der Waals surface area (Å²) in [5.41, 5.74) is 2.31. The Morgan fingerprint density at radius 3 is 2.17 bits per heavy atom. The lowest BCUT2D eigenvalue weighted by molar-refractivity contribution is -0.125. The smallest absolute Gasteiger partial charge is 0.262 e. The molecule has 2 aliphatic rings. The van der Waals surface area contributed by atoms with Gasteiger partial charge < -0.3 is 0 Å². The van der Waals surface area contributed by atoms with Crippen LogP contribution in [-0.4, -0.2) is 20.0 Å². The molecule has 0 N–H and O–H groups in total. The lowest BCUT2D eigenvalue weighted by Crippen LogP contribution is -2.58. The Morgan fingerprint density at radius 2 is 1.54 bits per heavy atom. The van der Waals surface area contributed by atoms with Gasteiger partial charge in [-0.25, -0.2) is 8.42 Å². The molecule has 0 saturated heterocycles. The second-order valence-electron chi connectivity index (χ2n) is 10.3. The van der Waals surface area contributed by atoms with Crippen molar-refractivity contribution in [2.45, 2.75) is 24.6 Å². The summed E-state index contributed by atoms with van der Waals surface area (Å²) in [7, 11) is -4.03. The van der Waals surface area contributed by atoms with E-state index in [-0.39, 0.29) is 11.7 Å². The highest BCUT2D eigenvalue weighted by Gasteiger charge is 2.65. The molecule has 1 amide bonds. The van der Waals surface area contributed by atoms with Crippen molar-refractivity contribution in [1.29, 1.82) is 0 Å². The minimum atomic E-state index is -4.03. The van der Waals surface area contributed by atoms with Crippen molar-refractivity contribution in [3.63, 3.8) is 0 Å². The number of anilines is 2. The molecule has 4 aromatic carbocycles. The van der Waals surface area contributed by atoms with Crippen molar-refractivity contribution in [1.82, 2.24) is 0 Å². The number of nitrogens with zero attached hydrogens (tertiary/aromatic N) is 3. The number of allylic oxidation sites excluding steroid dienone is 1. The van der Waals surface area contributed by atoms with Crippen LogP contribution in [0.5, 0.6) is 0 Å². The molecule has 206 valence electrons. The van der Waals surface area contributed by atoms with E-state index in [1.165, 1.54) is 9.31 Å². The maximum atomic E-state index is 14.9. The van der Waals surface area contributed by atoms with Gasteiger partial charge in [0.05, 0.1) is 28.9 Å². The second kappa shape index (κ2) is 10.4. The summed E-state index contributed by atoms with van der Waals surface area (Å²) in [4.78, 5) is 14.9. The number of hydrazone groups is 1. The maximum absolute atomic E-state index is 14.9. The van der Waals surface area contributed by atoms with Gasteiger partial charge in [-0.15, -0.1) is 6.58 Å². The molecule has 41 heavy (non-hydrogen) atoms. The zero-order valence-corrected chi connectivity index (χ0v) is 24.8. The number of carbonyl (C=O) groups is 1. The highest BCUT2D eigenvalue weighted by atomic mass is 79.9. The highest BCUT2D eigenvalue weighted by molar-refractivity contribution is 9.10. The van der Waals surface area contributed by atoms with E-state index in [1.54, 1.807) is 18.2 Å². The van der Waals surface area contributed by atoms with E-state index in [9.17, 15) is 13.2 Å². The quantitative estimate of drug-likeness (QED) is 0.212. The molecule has 1 spiro atoms. The molecular formula is C33H28BrN3O3S. The Morgan fingerprint density at radius 1 is 0.927 bits per heavy atom. The standard InChI is InChI=1S/C33H28BrN3O3S/c1-3-29-28-21-26(34)19-20-30(28)37(41(39,40)22-24-13-7-4-8-14-24)31(25-15-9-5-10-16-25)33(29)23(2)35-36(32(33)38)27-17-11-6-12-18-27/h3-21,29,31H,1,22H2,2H3/t29-,31-,33+/m0/s1. The summed E-state index contributed by atoms with van der Waals surface area (Å²) in [5.74, 6) is -1.09. The van der Waals surface area contributed by atoms with Gasteiger partial charge in [-0.2, -0.15) is 10.1 Å². The first-order valence-corrected chi connectivity index (χ1v) is 15.7. The number of sulfonamides is 1. The third-order valence-electron chi connectivity index (χ3n) is 7.96. The summed E-state index contributed by atoms with van der Waals surface area (Å²) < 4.78 is 31.5. The molecule has 2 heterocycles. The number of hydrogen-bond donors (Lipinski definition) is 0. The average Bonchev–Trinajstić information content (AvgIpc) is 3.23. The lowest BCUT2D eigenvalue weighted by Gasteiger charge is -2.51. The SMILES string of the molecule is C=C[C@H]1c2cc(Br)ccc2N(S(=O)(=O)Cc2ccccc2)[C@@H](c2ccccc2)[C@]12C(=O)N(c1ccccc1)N=C2C. The van der Waals surface area contributed by atoms with Crippen LogP contribution >= 0.6 is 15.9 Å². The van der Waals surface area contributed by atoms with Gasteiger partial charge in [0, 0.05) is 10.4 Å². The van der Waals surface area contributed by atoms with Crippen LogP contribution in [0.15, 0.2) is 131 Å². The molecule has 6 nitrogen and oxygen atoms in total. The molecule has 0 aromatic heterocycles. The average molecular weight is 627 g/mol. The van der Waals surface area contributed by atoms with Crippen LogP contribution in [0.4, 0.5) is 11.4 Å². The lowest BCUT2D eigenvalue weighted by atomic mass is 9.60. The summed E-state index contributed by atoms with van der Waals surface area (Å²) in [6.07, 6.45) is 1.76. The van der Waals surface area contributed by atoms with Crippen LogP contribution < -0.4 is 9.31 Å². The predicted octanol–water partition coefficient (Wildman–Crippen LogP) is 7.22. The van der Waals surface area contributed by atoms with Crippen LogP contribution in [0.3, 0.4) is 0 Å². The van der Waals surface area contributed by atoms with Crippen molar-refractivity contribution in [3.05, 3.63) is 143 Å². The second-order valence-corrected chi connectivity index (χ2v) is 13.0. The molecule has 0 radical (unpaired) electrons. The number of fused-ring (bicyclic) bond motifs is 1. The van der Waals surface area contributed by atoms with Crippen LogP contribution in [0.25, 0.3) is 0 Å². The van der Waals surface area contributed by atoms with Crippen LogP contribution in [0.2, 0.25) is 0 Å². The van der Waals surface area contributed by atoms with Crippen molar-refractivity contribution in [3.8, 4) is 0 Å². The number of rotatable bonds is 6. The predicted molar refractivity (Wildman–Crippen MR) is 167 cm³/mol. The molecule has 0 fully saturated rings. The van der Waals surface area contributed by atoms with Gasteiger partial charge in [-0.05, 0) is 53.9 Å². The number of amides is 1. The minimum Gasteiger partial charge on any atom is -0.271 e. The fourth-order valence-electron chi connectivity index (χ4n) is 6.25. The van der Waals surface area contributed by atoms with Crippen molar-refractivity contribution < 1.29 is 13.2 Å². The number of para-hydroxylation sites is 1. The zero-order valence-electron chi connectivity index (χ0n) is 22.4. The molecule has 0 unspecified atom stereocenters. The molecule has 4 aromatic rings. The zero-order chi connectivity index (χ0) is 28.8. The van der Waals surface area contributed by atoms with Gasteiger partial charge in [0.2, 0.25) is 10.0 Å². The number of hydrogen-bond acceptors (Lipinski definition) is 4. The van der Waals surface area contributed by atoms with Crippen molar-refractivity contribution in [2.75, 3.05) is 9.31 Å². The monoisotopic (exact) mass is 625 g/mol. The highest BCUT2D eigenvalue weighted by Crippen LogP contribution is 2.61. The molecule has 0 aliphatic carbocycles. The van der Waals surface area contributed by atoms with E-state index in [0.717, 1.165) is 4.47 Å². The summed E-state index contributed by atoms with van der Waals surface area (Å²) in [6, 6.07) is 32.3. The third-order valence-corrected chi connectivity index (χ3v) is 10.2. The molecule has 8 heteroatoms. The first-order chi connectivity index (χ1) is 19.8. The maximum Gasteiger partial charge on any atom is 0.262 e. The van der Waals surface area contributed by atoms with Crippen molar-refractivity contribution >= 4 is 48.9 Å². The van der Waals surface area contributed by atoms with E-state index in [4.69, 9.17) is 5.10 Å². The van der Waals surface area contributed by atoms with Gasteiger partial charge in [0.15, 0.2) is 0 Å². The molecule has 0 bridgehead atoms. The Hall–Kier alpha value is -4.01. The number of halogens is 1. The largest absolute Gasteiger partial charge is 0.271 e. The fraction of sp³-hybridized carbons (Fsp3) is 0.152. The van der Waals surface area contributed by atoms with Gasteiger partial charge in [-0.1, -0.05) is 101 Å². The third kappa shape index (κ3) is 4.33. The minimum absolute atomic E-state index is 0.228. The van der Waals surface area contributed by atoms with Gasteiger partial charge in [0.1, 0.15) is 5.41 Å². The summed E-state index contributed by atoms with van der Waals surface area (Å²) in [6.45, 7) is 5.99. The van der Waals surface area contributed by atoms with E-state index >= 15 is 0 Å². The molecule has 2 aliphatic heterocycles. The van der Waals surface area contributed by atoms with Crippen molar-refractivity contribution in [2.24, 2.45) is 10.5 Å². The number of benzene rings is 4. The molecule has 0 saturated carbocycles. The van der Waals surface area contributed by atoms with Gasteiger partial charge >= 0.3 is 0 Å². The Balaban J connectivity index is 1.67. The summed E-state index contributed by atoms with van der Waals surface area (Å²) >= 11 is 3.58. The fourth-order valence-corrected chi connectivity index (χ4v) is 8.46. The molecule has 3 atom stereocenters. The number of carbonyl (C=O) groups excluding carboxylic acids is 1. The van der Waals surface area contributed by atoms with Crippen LogP contribution in [0, 0.1) is 5.41 Å². The normalized spacial score (nSPS) is 22.0. The topological polar surface area (TPSA) is 70.1 Å². The Labute approximate surface area is 248 Å².